The number of nitrogens with zero attached hydrogens (tertiary/aromatic N) is 1. The molecule has 1 saturated carbocycles. The Kier molecular flexibility index (Phi) is 3.63. The number of halogens is 1. The molecule has 14 heavy (non-hydrogen) atoms. The molecule has 2 unspecified atom stereocenters. The molecular formula is C11H18BrNO. The van der Waals surface area contributed by atoms with E-state index >= 15 is 0 Å². The first-order valence-electron chi connectivity index (χ1n) is 5.46. The fourth-order valence-corrected chi connectivity index (χ4v) is 2.92. The molecule has 0 aromatic heterocycles. The molecular weight excluding hydrogens is 242 g/mol. The van der Waals surface area contributed by atoms with Crippen LogP contribution < -0.4 is 0 Å². The van der Waals surface area contributed by atoms with E-state index in [9.17, 15) is 0 Å². The lowest BCUT2D eigenvalue weighted by Crippen LogP contribution is -2.52. The van der Waals surface area contributed by atoms with Crippen molar-refractivity contribution in [1.29, 1.82) is 0 Å². The number of morpholine rings is 1. The standard InChI is InChI=1S/C11H18BrNO/c1-9(12)8-13-6-7-14-11-5-3-2-4-10(11)13/h10-11H,1-8H2. The van der Waals surface area contributed by atoms with Gasteiger partial charge in [0, 0.05) is 23.6 Å². The van der Waals surface area contributed by atoms with Crippen LogP contribution in [0.3, 0.4) is 0 Å². The second-order valence-electron chi connectivity index (χ2n) is 4.25. The van der Waals surface area contributed by atoms with Crippen molar-refractivity contribution in [3.05, 3.63) is 11.1 Å². The molecule has 0 spiro atoms. The van der Waals surface area contributed by atoms with Crippen LogP contribution in [0.4, 0.5) is 0 Å². The van der Waals surface area contributed by atoms with Crippen LogP contribution in [0.5, 0.6) is 0 Å². The van der Waals surface area contributed by atoms with E-state index < -0.39 is 0 Å². The Bertz CT molecular complexity index is 217. The molecule has 0 bridgehead atoms. The first-order valence-corrected chi connectivity index (χ1v) is 6.25. The number of fused-ring (bicyclic) bond motifs is 1. The molecule has 0 aromatic carbocycles. The fourth-order valence-electron chi connectivity index (χ4n) is 2.59. The van der Waals surface area contributed by atoms with Gasteiger partial charge in [0.15, 0.2) is 0 Å². The van der Waals surface area contributed by atoms with E-state index in [2.05, 4.69) is 27.4 Å². The van der Waals surface area contributed by atoms with Gasteiger partial charge in [0.2, 0.25) is 0 Å². The van der Waals surface area contributed by atoms with Crippen LogP contribution in [0.15, 0.2) is 11.1 Å². The average Bonchev–Trinajstić information content (AvgIpc) is 2.18. The Hall–Kier alpha value is 0.140. The van der Waals surface area contributed by atoms with Gasteiger partial charge in [0.05, 0.1) is 12.7 Å². The minimum atomic E-state index is 0.490. The summed E-state index contributed by atoms with van der Waals surface area (Å²) in [7, 11) is 0. The van der Waals surface area contributed by atoms with Gasteiger partial charge in [0.1, 0.15) is 0 Å². The number of hydrogen-bond acceptors (Lipinski definition) is 2. The summed E-state index contributed by atoms with van der Waals surface area (Å²) in [5.41, 5.74) is 0. The molecule has 3 heteroatoms. The van der Waals surface area contributed by atoms with E-state index in [1.54, 1.807) is 0 Å². The highest BCUT2D eigenvalue weighted by Crippen LogP contribution is 2.29. The van der Waals surface area contributed by atoms with Crippen molar-refractivity contribution < 1.29 is 4.74 Å². The van der Waals surface area contributed by atoms with E-state index in [-0.39, 0.29) is 0 Å². The van der Waals surface area contributed by atoms with Gasteiger partial charge in [0.25, 0.3) is 0 Å². The van der Waals surface area contributed by atoms with Gasteiger partial charge >= 0.3 is 0 Å². The van der Waals surface area contributed by atoms with E-state index in [0.717, 1.165) is 24.2 Å². The van der Waals surface area contributed by atoms with Crippen LogP contribution >= 0.6 is 15.9 Å². The van der Waals surface area contributed by atoms with Crippen molar-refractivity contribution in [2.45, 2.75) is 37.8 Å². The lowest BCUT2D eigenvalue weighted by atomic mass is 9.90. The molecule has 0 radical (unpaired) electrons. The topological polar surface area (TPSA) is 12.5 Å². The highest BCUT2D eigenvalue weighted by atomic mass is 79.9. The summed E-state index contributed by atoms with van der Waals surface area (Å²) in [5.74, 6) is 0. The Morgan fingerprint density at radius 1 is 1.43 bits per heavy atom. The Morgan fingerprint density at radius 3 is 3.00 bits per heavy atom. The predicted molar refractivity (Wildman–Crippen MR) is 61.6 cm³/mol. The van der Waals surface area contributed by atoms with Crippen LogP contribution in [0.25, 0.3) is 0 Å². The SMILES string of the molecule is C=C(Br)CN1CCOC2CCCCC21. The molecule has 2 fully saturated rings. The van der Waals surface area contributed by atoms with Crippen molar-refractivity contribution in [3.63, 3.8) is 0 Å². The van der Waals surface area contributed by atoms with E-state index in [1.807, 2.05) is 0 Å². The quantitative estimate of drug-likeness (QED) is 0.756. The Morgan fingerprint density at radius 2 is 2.21 bits per heavy atom. The molecule has 2 aliphatic rings. The molecule has 2 nitrogen and oxygen atoms in total. The summed E-state index contributed by atoms with van der Waals surface area (Å²) < 4.78 is 6.89. The molecule has 1 heterocycles. The zero-order valence-electron chi connectivity index (χ0n) is 8.54. The summed E-state index contributed by atoms with van der Waals surface area (Å²) in [4.78, 5) is 2.52. The van der Waals surface area contributed by atoms with Crippen molar-refractivity contribution >= 4 is 15.9 Å². The zero-order valence-corrected chi connectivity index (χ0v) is 10.1. The van der Waals surface area contributed by atoms with Gasteiger partial charge < -0.3 is 4.74 Å². The fraction of sp³-hybridized carbons (Fsp3) is 0.818. The largest absolute Gasteiger partial charge is 0.375 e. The van der Waals surface area contributed by atoms with Gasteiger partial charge in [-0.25, -0.2) is 0 Å². The van der Waals surface area contributed by atoms with E-state index in [1.165, 1.54) is 25.7 Å². The predicted octanol–water partition coefficient (Wildman–Crippen LogP) is 2.54. The second-order valence-corrected chi connectivity index (χ2v) is 5.37. The average molecular weight is 260 g/mol. The summed E-state index contributed by atoms with van der Waals surface area (Å²) in [6.07, 6.45) is 5.73. The first-order chi connectivity index (χ1) is 6.77. The van der Waals surface area contributed by atoms with Crippen LogP contribution in [0.2, 0.25) is 0 Å². The highest BCUT2D eigenvalue weighted by molar-refractivity contribution is 9.11. The van der Waals surface area contributed by atoms with Gasteiger partial charge in [-0.2, -0.15) is 0 Å². The molecule has 1 saturated heterocycles. The maximum absolute atomic E-state index is 5.81. The molecule has 1 aliphatic carbocycles. The molecule has 80 valence electrons. The Labute approximate surface area is 94.4 Å². The van der Waals surface area contributed by atoms with Gasteiger partial charge in [-0.3, -0.25) is 4.90 Å². The zero-order chi connectivity index (χ0) is 9.97. The molecule has 2 atom stereocenters. The van der Waals surface area contributed by atoms with Crippen molar-refractivity contribution in [3.8, 4) is 0 Å². The van der Waals surface area contributed by atoms with Crippen LogP contribution in [-0.2, 0) is 4.74 Å². The van der Waals surface area contributed by atoms with Crippen molar-refractivity contribution in [1.82, 2.24) is 4.90 Å². The minimum Gasteiger partial charge on any atom is -0.375 e. The lowest BCUT2D eigenvalue weighted by Gasteiger charge is -2.43. The summed E-state index contributed by atoms with van der Waals surface area (Å²) in [6.45, 7) is 6.85. The maximum atomic E-state index is 5.81. The number of hydrogen-bond donors (Lipinski definition) is 0. The number of rotatable bonds is 2. The maximum Gasteiger partial charge on any atom is 0.0731 e. The summed E-state index contributed by atoms with van der Waals surface area (Å²) in [6, 6.07) is 0.645. The van der Waals surface area contributed by atoms with E-state index in [0.29, 0.717) is 12.1 Å². The smallest absolute Gasteiger partial charge is 0.0731 e. The molecule has 1 aliphatic heterocycles. The number of ether oxygens (including phenoxy) is 1. The van der Waals surface area contributed by atoms with Crippen LogP contribution in [0, 0.1) is 0 Å². The van der Waals surface area contributed by atoms with Gasteiger partial charge in [-0.1, -0.05) is 35.4 Å². The van der Waals surface area contributed by atoms with Gasteiger partial charge in [-0.05, 0) is 12.8 Å². The summed E-state index contributed by atoms with van der Waals surface area (Å²) >= 11 is 3.45. The monoisotopic (exact) mass is 259 g/mol. The normalized spacial score (nSPS) is 33.8. The third kappa shape index (κ3) is 2.38. The third-order valence-electron chi connectivity index (χ3n) is 3.22. The lowest BCUT2D eigenvalue weighted by molar-refractivity contribution is -0.0842. The molecule has 2 rings (SSSR count). The van der Waals surface area contributed by atoms with E-state index in [4.69, 9.17) is 4.74 Å². The van der Waals surface area contributed by atoms with Gasteiger partial charge in [-0.15, -0.1) is 0 Å². The molecule has 0 N–H and O–H groups in total. The minimum absolute atomic E-state index is 0.490. The summed E-state index contributed by atoms with van der Waals surface area (Å²) in [5, 5.41) is 0. The molecule has 0 amide bonds. The van der Waals surface area contributed by atoms with Crippen LogP contribution in [0.1, 0.15) is 25.7 Å². The first kappa shape index (κ1) is 10.7. The Balaban J connectivity index is 1.97. The van der Waals surface area contributed by atoms with Crippen molar-refractivity contribution in [2.75, 3.05) is 19.7 Å². The van der Waals surface area contributed by atoms with Crippen LogP contribution in [-0.4, -0.2) is 36.7 Å². The second kappa shape index (κ2) is 4.77. The third-order valence-corrected chi connectivity index (χ3v) is 3.47. The highest BCUT2D eigenvalue weighted by Gasteiger charge is 2.33. The molecule has 0 aromatic rings. The van der Waals surface area contributed by atoms with Crippen molar-refractivity contribution in [2.24, 2.45) is 0 Å².